The summed E-state index contributed by atoms with van der Waals surface area (Å²) in [5.41, 5.74) is 0.0417. The van der Waals surface area contributed by atoms with Gasteiger partial charge >= 0.3 is 0 Å². The maximum Gasteiger partial charge on any atom is 0.269 e. The Morgan fingerprint density at radius 3 is 2.44 bits per heavy atom. The molecule has 0 spiro atoms. The summed E-state index contributed by atoms with van der Waals surface area (Å²) in [6.45, 7) is -0.0163. The van der Waals surface area contributed by atoms with E-state index < -0.39 is 16.7 Å². The summed E-state index contributed by atoms with van der Waals surface area (Å²) in [7, 11) is 0. The Bertz CT molecular complexity index is 539. The van der Waals surface area contributed by atoms with Gasteiger partial charge in [0.25, 0.3) is 17.5 Å². The molecule has 1 fully saturated rings. The second kappa shape index (κ2) is 4.49. The SMILES string of the molecule is O=C1CNC(=S)N1C(=O)c1ccc([N+](=O)[O-])cc1. The zero-order valence-corrected chi connectivity index (χ0v) is 9.77. The molecule has 1 aliphatic heterocycles. The third kappa shape index (κ3) is 2.05. The average molecular weight is 265 g/mol. The Hall–Kier alpha value is -2.35. The predicted molar refractivity (Wildman–Crippen MR) is 64.9 cm³/mol. The number of carbonyl (C=O) groups excluding carboxylic acids is 2. The Morgan fingerprint density at radius 1 is 1.39 bits per heavy atom. The van der Waals surface area contributed by atoms with Crippen molar-refractivity contribution in [3.63, 3.8) is 0 Å². The molecule has 0 saturated carbocycles. The third-order valence-electron chi connectivity index (χ3n) is 2.37. The maximum absolute atomic E-state index is 12.0. The number of nitrogens with zero attached hydrogens (tertiary/aromatic N) is 2. The molecule has 0 unspecified atom stereocenters. The fourth-order valence-electron chi connectivity index (χ4n) is 1.48. The minimum absolute atomic E-state index is 0.0163. The molecule has 1 aromatic carbocycles. The van der Waals surface area contributed by atoms with Gasteiger partial charge in [-0.05, 0) is 24.4 Å². The van der Waals surface area contributed by atoms with Gasteiger partial charge in [-0.25, -0.2) is 4.90 Å². The smallest absolute Gasteiger partial charge is 0.269 e. The number of nitro benzene ring substituents is 1. The van der Waals surface area contributed by atoms with E-state index in [4.69, 9.17) is 12.2 Å². The van der Waals surface area contributed by atoms with E-state index >= 15 is 0 Å². The van der Waals surface area contributed by atoms with Crippen molar-refractivity contribution in [1.29, 1.82) is 0 Å². The summed E-state index contributed by atoms with van der Waals surface area (Å²) < 4.78 is 0. The predicted octanol–water partition coefficient (Wildman–Crippen LogP) is 0.452. The van der Waals surface area contributed by atoms with Crippen molar-refractivity contribution >= 4 is 34.8 Å². The lowest BCUT2D eigenvalue weighted by molar-refractivity contribution is -0.384. The number of hydrogen-bond donors (Lipinski definition) is 1. The number of rotatable bonds is 2. The molecule has 8 heteroatoms. The molecule has 2 amide bonds. The van der Waals surface area contributed by atoms with Gasteiger partial charge in [0.1, 0.15) is 0 Å². The van der Waals surface area contributed by atoms with Gasteiger partial charge in [-0.1, -0.05) is 0 Å². The third-order valence-corrected chi connectivity index (χ3v) is 2.70. The molecule has 1 N–H and O–H groups in total. The first-order valence-corrected chi connectivity index (χ1v) is 5.31. The molecule has 18 heavy (non-hydrogen) atoms. The van der Waals surface area contributed by atoms with E-state index in [0.29, 0.717) is 0 Å². The number of imide groups is 1. The van der Waals surface area contributed by atoms with Crippen LogP contribution in [0.1, 0.15) is 10.4 Å². The minimum atomic E-state index is -0.593. The topological polar surface area (TPSA) is 92.6 Å². The molecule has 0 bridgehead atoms. The molecular weight excluding hydrogens is 258 g/mol. The standard InChI is InChI=1S/C10H7N3O4S/c14-8-5-11-10(18)12(8)9(15)6-1-3-7(4-2-6)13(16)17/h1-4H,5H2,(H,11,18). The van der Waals surface area contributed by atoms with Crippen molar-refractivity contribution < 1.29 is 14.5 Å². The fourth-order valence-corrected chi connectivity index (χ4v) is 1.74. The van der Waals surface area contributed by atoms with Gasteiger partial charge in [-0.3, -0.25) is 19.7 Å². The molecule has 1 aliphatic rings. The van der Waals surface area contributed by atoms with Crippen LogP contribution in [0.2, 0.25) is 0 Å². The van der Waals surface area contributed by atoms with Crippen molar-refractivity contribution in [2.24, 2.45) is 0 Å². The second-order valence-electron chi connectivity index (χ2n) is 3.50. The summed E-state index contributed by atoms with van der Waals surface area (Å²) in [5, 5.41) is 13.1. The lowest BCUT2D eigenvalue weighted by Crippen LogP contribution is -2.36. The molecule has 0 aliphatic carbocycles. The molecular formula is C10H7N3O4S. The van der Waals surface area contributed by atoms with Gasteiger partial charge in [0.05, 0.1) is 11.5 Å². The largest absolute Gasteiger partial charge is 0.353 e. The Morgan fingerprint density at radius 2 is 2.00 bits per heavy atom. The molecule has 92 valence electrons. The van der Waals surface area contributed by atoms with E-state index in [9.17, 15) is 19.7 Å². The summed E-state index contributed by atoms with van der Waals surface area (Å²) in [5.74, 6) is -1.03. The lowest BCUT2D eigenvalue weighted by atomic mass is 10.2. The number of benzene rings is 1. The van der Waals surface area contributed by atoms with Crippen LogP contribution in [-0.2, 0) is 4.79 Å². The fraction of sp³-hybridized carbons (Fsp3) is 0.100. The van der Waals surface area contributed by atoms with Crippen molar-refractivity contribution in [2.45, 2.75) is 0 Å². The summed E-state index contributed by atoms with van der Waals surface area (Å²) >= 11 is 4.83. The van der Waals surface area contributed by atoms with Crippen LogP contribution in [0.25, 0.3) is 0 Å². The van der Waals surface area contributed by atoms with Gasteiger partial charge in [0.15, 0.2) is 5.11 Å². The van der Waals surface area contributed by atoms with Gasteiger partial charge in [-0.2, -0.15) is 0 Å². The maximum atomic E-state index is 12.0. The minimum Gasteiger partial charge on any atom is -0.353 e. The van der Waals surface area contributed by atoms with Crippen LogP contribution in [0.5, 0.6) is 0 Å². The van der Waals surface area contributed by atoms with Gasteiger partial charge in [-0.15, -0.1) is 0 Å². The molecule has 0 aromatic heterocycles. The molecule has 0 radical (unpaired) electrons. The summed E-state index contributed by atoms with van der Waals surface area (Å²) in [6.07, 6.45) is 0. The average Bonchev–Trinajstić information content (AvgIpc) is 2.68. The first kappa shape index (κ1) is 12.1. The molecule has 1 heterocycles. The highest BCUT2D eigenvalue weighted by molar-refractivity contribution is 7.80. The van der Waals surface area contributed by atoms with E-state index in [1.54, 1.807) is 0 Å². The van der Waals surface area contributed by atoms with Crippen LogP contribution < -0.4 is 5.32 Å². The quantitative estimate of drug-likeness (QED) is 0.361. The van der Waals surface area contributed by atoms with Crippen molar-refractivity contribution in [2.75, 3.05) is 6.54 Å². The van der Waals surface area contributed by atoms with Gasteiger partial charge < -0.3 is 5.32 Å². The van der Waals surface area contributed by atoms with Crippen LogP contribution in [0.15, 0.2) is 24.3 Å². The normalized spacial score (nSPS) is 14.6. The summed E-state index contributed by atoms with van der Waals surface area (Å²) in [6, 6.07) is 4.97. The zero-order chi connectivity index (χ0) is 13.3. The number of carbonyl (C=O) groups is 2. The molecule has 1 aromatic rings. The Kier molecular flexibility index (Phi) is 3.02. The highest BCUT2D eigenvalue weighted by atomic mass is 32.1. The van der Waals surface area contributed by atoms with Crippen LogP contribution in [0, 0.1) is 10.1 Å². The zero-order valence-electron chi connectivity index (χ0n) is 8.95. The van der Waals surface area contributed by atoms with E-state index in [0.717, 1.165) is 4.90 Å². The number of nitro groups is 1. The van der Waals surface area contributed by atoms with Crippen LogP contribution >= 0.6 is 12.2 Å². The molecule has 2 rings (SSSR count). The highest BCUT2D eigenvalue weighted by Crippen LogP contribution is 2.14. The number of thiocarbonyl (C=S) groups is 1. The highest BCUT2D eigenvalue weighted by Gasteiger charge is 2.32. The summed E-state index contributed by atoms with van der Waals surface area (Å²) in [4.78, 5) is 34.1. The van der Waals surface area contributed by atoms with Crippen LogP contribution in [0.4, 0.5) is 5.69 Å². The van der Waals surface area contributed by atoms with Crippen LogP contribution in [-0.4, -0.2) is 33.3 Å². The molecule has 0 atom stereocenters. The van der Waals surface area contributed by atoms with E-state index in [-0.39, 0.29) is 22.9 Å². The number of nitrogens with one attached hydrogen (secondary N) is 1. The first-order valence-electron chi connectivity index (χ1n) is 4.90. The van der Waals surface area contributed by atoms with Crippen LogP contribution in [0.3, 0.4) is 0 Å². The van der Waals surface area contributed by atoms with Crippen molar-refractivity contribution in [1.82, 2.24) is 10.2 Å². The van der Waals surface area contributed by atoms with Crippen molar-refractivity contribution in [3.05, 3.63) is 39.9 Å². The molecule has 7 nitrogen and oxygen atoms in total. The van der Waals surface area contributed by atoms with E-state index in [1.807, 2.05) is 0 Å². The number of amides is 2. The lowest BCUT2D eigenvalue weighted by Gasteiger charge is -2.12. The number of non-ortho nitro benzene ring substituents is 1. The first-order chi connectivity index (χ1) is 8.50. The molecule has 1 saturated heterocycles. The Balaban J connectivity index is 2.26. The monoisotopic (exact) mass is 265 g/mol. The number of hydrogen-bond acceptors (Lipinski definition) is 5. The van der Waals surface area contributed by atoms with E-state index in [1.165, 1.54) is 24.3 Å². The van der Waals surface area contributed by atoms with Gasteiger partial charge in [0.2, 0.25) is 0 Å². The van der Waals surface area contributed by atoms with Gasteiger partial charge in [0, 0.05) is 17.7 Å². The second-order valence-corrected chi connectivity index (χ2v) is 3.88. The Labute approximate surface area is 107 Å². The van der Waals surface area contributed by atoms with Crippen molar-refractivity contribution in [3.8, 4) is 0 Å². The van der Waals surface area contributed by atoms with E-state index in [2.05, 4.69) is 5.32 Å².